The maximum Gasteiger partial charge on any atom is 0.327 e. The van der Waals surface area contributed by atoms with Crippen LogP contribution in [0.2, 0.25) is 0 Å². The number of alkyl halides is 2. The van der Waals surface area contributed by atoms with E-state index in [1.54, 1.807) is 0 Å². The van der Waals surface area contributed by atoms with Crippen molar-refractivity contribution in [1.82, 2.24) is 0 Å². The summed E-state index contributed by atoms with van der Waals surface area (Å²) in [6, 6.07) is 0. The van der Waals surface area contributed by atoms with Gasteiger partial charge < -0.3 is 13.6 Å². The predicted octanol–water partition coefficient (Wildman–Crippen LogP) is 4.15. The van der Waals surface area contributed by atoms with Gasteiger partial charge in [-0.05, 0) is 25.2 Å². The molecule has 1 rings (SSSR count). The van der Waals surface area contributed by atoms with Gasteiger partial charge in [-0.25, -0.2) is 4.39 Å². The second kappa shape index (κ2) is 6.78. The molecule has 0 spiro atoms. The first-order valence-electron chi connectivity index (χ1n) is 5.86. The van der Waals surface area contributed by atoms with Gasteiger partial charge in [0, 0.05) is 12.8 Å². The lowest BCUT2D eigenvalue weighted by Gasteiger charge is -2.38. The Morgan fingerprint density at radius 1 is 1.41 bits per heavy atom. The first-order chi connectivity index (χ1) is 7.91. The molecule has 0 aliphatic heterocycles. The molecule has 0 radical (unpaired) electrons. The van der Waals surface area contributed by atoms with E-state index < -0.39 is 11.8 Å². The molecule has 17 heavy (non-hydrogen) atoms. The summed E-state index contributed by atoms with van der Waals surface area (Å²) in [5.74, 6) is 0. The number of rotatable bonds is 8. The summed E-state index contributed by atoms with van der Waals surface area (Å²) >= 11 is 10.7. The SMILES string of the molecule is CCCCOP(=S)(OCC)OC1CC(F)(Cl)C1. The number of unbranched alkanes of at least 4 members (excludes halogenated alkanes) is 1. The summed E-state index contributed by atoms with van der Waals surface area (Å²) in [6.07, 6.45) is 1.94. The van der Waals surface area contributed by atoms with Crippen molar-refractivity contribution in [3.63, 3.8) is 0 Å². The van der Waals surface area contributed by atoms with Crippen LogP contribution in [0.5, 0.6) is 0 Å². The minimum Gasteiger partial charge on any atom is -0.309 e. The van der Waals surface area contributed by atoms with Crippen molar-refractivity contribution < 1.29 is 18.0 Å². The minimum atomic E-state index is -2.72. The van der Waals surface area contributed by atoms with Gasteiger partial charge in [0.2, 0.25) is 0 Å². The van der Waals surface area contributed by atoms with Gasteiger partial charge in [-0.3, -0.25) is 0 Å². The largest absolute Gasteiger partial charge is 0.327 e. The van der Waals surface area contributed by atoms with Crippen LogP contribution in [-0.2, 0) is 25.4 Å². The standard InChI is InChI=1S/C10H19ClFO3PS/c1-3-5-6-14-16(17,13-4-2)15-9-7-10(11,12)8-9/h9H,3-8H2,1-2H3. The van der Waals surface area contributed by atoms with Crippen molar-refractivity contribution in [3.8, 4) is 0 Å². The molecular formula is C10H19ClFO3PS. The van der Waals surface area contributed by atoms with Crippen molar-refractivity contribution in [2.45, 2.75) is 50.8 Å². The van der Waals surface area contributed by atoms with E-state index >= 15 is 0 Å². The minimum absolute atomic E-state index is 0.150. The molecule has 0 bridgehead atoms. The van der Waals surface area contributed by atoms with Crippen LogP contribution in [0, 0.1) is 0 Å². The van der Waals surface area contributed by atoms with Crippen LogP contribution in [-0.4, -0.2) is 24.4 Å². The molecule has 1 atom stereocenters. The van der Waals surface area contributed by atoms with Crippen LogP contribution in [0.1, 0.15) is 39.5 Å². The first-order valence-corrected chi connectivity index (χ1v) is 8.79. The molecule has 0 aromatic rings. The molecule has 0 saturated heterocycles. The molecule has 1 aliphatic carbocycles. The lowest BCUT2D eigenvalue weighted by molar-refractivity contribution is -0.00327. The lowest BCUT2D eigenvalue weighted by Crippen LogP contribution is -2.40. The van der Waals surface area contributed by atoms with Gasteiger partial charge >= 0.3 is 6.72 Å². The maximum absolute atomic E-state index is 13.1. The molecule has 0 N–H and O–H groups in total. The van der Waals surface area contributed by atoms with Gasteiger partial charge in [0.15, 0.2) is 5.13 Å². The molecule has 1 fully saturated rings. The third kappa shape index (κ3) is 5.50. The average molecular weight is 305 g/mol. The Bertz CT molecular complexity index is 283. The number of hydrogen-bond acceptors (Lipinski definition) is 4. The highest BCUT2D eigenvalue weighted by atomic mass is 35.5. The molecule has 0 aromatic heterocycles. The fourth-order valence-corrected chi connectivity index (χ4v) is 4.07. The molecule has 1 aliphatic rings. The monoisotopic (exact) mass is 304 g/mol. The van der Waals surface area contributed by atoms with E-state index in [-0.39, 0.29) is 18.9 Å². The second-order valence-corrected chi connectivity index (χ2v) is 7.68. The number of halogens is 2. The van der Waals surface area contributed by atoms with Gasteiger partial charge in [-0.15, -0.1) is 0 Å². The van der Waals surface area contributed by atoms with Crippen LogP contribution in [0.25, 0.3) is 0 Å². The van der Waals surface area contributed by atoms with Crippen molar-refractivity contribution in [3.05, 3.63) is 0 Å². The van der Waals surface area contributed by atoms with E-state index in [4.69, 9.17) is 37.0 Å². The zero-order valence-electron chi connectivity index (χ0n) is 10.2. The Kier molecular flexibility index (Phi) is 6.31. The Labute approximate surface area is 112 Å². The lowest BCUT2D eigenvalue weighted by atomic mass is 9.93. The number of hydrogen-bond donors (Lipinski definition) is 0. The summed E-state index contributed by atoms with van der Waals surface area (Å²) < 4.78 is 29.5. The van der Waals surface area contributed by atoms with Gasteiger partial charge in [-0.1, -0.05) is 24.9 Å². The maximum atomic E-state index is 13.1. The molecule has 0 heterocycles. The van der Waals surface area contributed by atoms with E-state index in [0.29, 0.717) is 13.2 Å². The van der Waals surface area contributed by atoms with Gasteiger partial charge in [0.25, 0.3) is 0 Å². The molecule has 0 aromatic carbocycles. The zero-order valence-corrected chi connectivity index (χ0v) is 12.6. The average Bonchev–Trinajstić information content (AvgIpc) is 2.15. The second-order valence-electron chi connectivity index (χ2n) is 4.04. The molecule has 102 valence electrons. The van der Waals surface area contributed by atoms with E-state index in [9.17, 15) is 4.39 Å². The van der Waals surface area contributed by atoms with Gasteiger partial charge in [0.1, 0.15) is 0 Å². The highest BCUT2D eigenvalue weighted by molar-refractivity contribution is 8.07. The van der Waals surface area contributed by atoms with Gasteiger partial charge in [-0.2, -0.15) is 0 Å². The molecular weight excluding hydrogens is 286 g/mol. The first kappa shape index (κ1) is 15.8. The Morgan fingerprint density at radius 2 is 2.06 bits per heavy atom. The Hall–Kier alpha value is 0.750. The third-order valence-electron chi connectivity index (χ3n) is 2.37. The molecule has 1 saturated carbocycles. The molecule has 3 nitrogen and oxygen atoms in total. The summed E-state index contributed by atoms with van der Waals surface area (Å²) in [5, 5.41) is -1.64. The predicted molar refractivity (Wildman–Crippen MR) is 70.6 cm³/mol. The zero-order chi connectivity index (χ0) is 12.9. The van der Waals surface area contributed by atoms with Crippen molar-refractivity contribution in [2.24, 2.45) is 0 Å². The quantitative estimate of drug-likeness (QED) is 0.382. The van der Waals surface area contributed by atoms with Crippen LogP contribution >= 0.6 is 18.3 Å². The molecule has 0 amide bonds. The topological polar surface area (TPSA) is 27.7 Å². The van der Waals surface area contributed by atoms with E-state index in [2.05, 4.69) is 6.92 Å². The Balaban J connectivity index is 2.39. The van der Waals surface area contributed by atoms with Crippen LogP contribution < -0.4 is 0 Å². The fourth-order valence-electron chi connectivity index (χ4n) is 1.44. The van der Waals surface area contributed by atoms with Crippen molar-refractivity contribution in [1.29, 1.82) is 0 Å². The van der Waals surface area contributed by atoms with E-state index in [0.717, 1.165) is 12.8 Å². The van der Waals surface area contributed by atoms with E-state index in [1.807, 2.05) is 6.92 Å². The summed E-state index contributed by atoms with van der Waals surface area (Å²) in [5.41, 5.74) is 0. The summed E-state index contributed by atoms with van der Waals surface area (Å²) in [4.78, 5) is 0. The highest BCUT2D eigenvalue weighted by Crippen LogP contribution is 2.56. The van der Waals surface area contributed by atoms with Crippen LogP contribution in [0.15, 0.2) is 0 Å². The third-order valence-corrected chi connectivity index (χ3v) is 5.19. The molecule has 7 heteroatoms. The fraction of sp³-hybridized carbons (Fsp3) is 1.00. The highest BCUT2D eigenvalue weighted by Gasteiger charge is 2.46. The van der Waals surface area contributed by atoms with Gasteiger partial charge in [0.05, 0.1) is 19.3 Å². The Morgan fingerprint density at radius 3 is 2.53 bits per heavy atom. The molecule has 1 unspecified atom stereocenters. The van der Waals surface area contributed by atoms with Crippen molar-refractivity contribution >= 4 is 30.1 Å². The van der Waals surface area contributed by atoms with Crippen molar-refractivity contribution in [2.75, 3.05) is 13.2 Å². The normalized spacial score (nSPS) is 31.9. The van der Waals surface area contributed by atoms with Crippen LogP contribution in [0.4, 0.5) is 4.39 Å². The smallest absolute Gasteiger partial charge is 0.309 e. The van der Waals surface area contributed by atoms with Crippen LogP contribution in [0.3, 0.4) is 0 Å². The van der Waals surface area contributed by atoms with E-state index in [1.165, 1.54) is 0 Å². The summed E-state index contributed by atoms with van der Waals surface area (Å²) in [7, 11) is 0. The summed E-state index contributed by atoms with van der Waals surface area (Å²) in [6.45, 7) is 2.12.